The van der Waals surface area contributed by atoms with Crippen molar-refractivity contribution in [3.05, 3.63) is 0 Å². The second-order valence-electron chi connectivity index (χ2n) is 2.88. The van der Waals surface area contributed by atoms with Crippen LogP contribution in [-0.4, -0.2) is 34.9 Å². The number of nitrogens with zero attached hydrogens (tertiary/aromatic N) is 1. The van der Waals surface area contributed by atoms with E-state index in [1.54, 1.807) is 0 Å². The highest BCUT2D eigenvalue weighted by Gasteiger charge is 2.80. The predicted octanol–water partition coefficient (Wildman–Crippen LogP) is 4.39. The molecule has 0 aromatic carbocycles. The van der Waals surface area contributed by atoms with Crippen LogP contribution in [0, 0.1) is 0 Å². The van der Waals surface area contributed by atoms with E-state index in [0.717, 1.165) is 0 Å². The zero-order valence-electron chi connectivity index (χ0n) is 7.86. The Morgan fingerprint density at radius 3 is 1.05 bits per heavy atom. The van der Waals surface area contributed by atoms with Crippen LogP contribution >= 0.6 is 11.6 Å². The van der Waals surface area contributed by atoms with E-state index < -0.39 is 34.9 Å². The van der Waals surface area contributed by atoms with Crippen molar-refractivity contribution in [3.63, 3.8) is 0 Å². The van der Waals surface area contributed by atoms with Crippen LogP contribution in [-0.2, 0) is 0 Å². The third-order valence-electron chi connectivity index (χ3n) is 1.50. The molecule has 0 aromatic heterocycles. The molecular formula is C5ClF12N. The van der Waals surface area contributed by atoms with E-state index in [2.05, 4.69) is 11.6 Å². The highest BCUT2D eigenvalue weighted by atomic mass is 35.5. The first kappa shape index (κ1) is 18.4. The zero-order valence-corrected chi connectivity index (χ0v) is 8.62. The summed E-state index contributed by atoms with van der Waals surface area (Å²) in [6, 6.07) is -14.4. The van der Waals surface area contributed by atoms with Crippen molar-refractivity contribution >= 4 is 11.6 Å². The molecule has 19 heavy (non-hydrogen) atoms. The average Bonchev–Trinajstić information content (AvgIpc) is 1.93. The fourth-order valence-corrected chi connectivity index (χ4v) is 0.833. The van der Waals surface area contributed by atoms with Crippen LogP contribution in [0.1, 0.15) is 0 Å². The molecule has 0 spiro atoms. The largest absolute Gasteiger partial charge is 0.470 e. The number of rotatable bonds is 3. The Hall–Kier alpha value is -0.590. The SMILES string of the molecule is FC(F)(F)N(C(F)(F)C(F)(F)F)C(F)(F)C(F)(F)Cl. The minimum absolute atomic E-state index is 3.46. The van der Waals surface area contributed by atoms with Crippen molar-refractivity contribution in [2.24, 2.45) is 0 Å². The van der Waals surface area contributed by atoms with Gasteiger partial charge in [0.1, 0.15) is 0 Å². The lowest BCUT2D eigenvalue weighted by atomic mass is 10.4. The van der Waals surface area contributed by atoms with E-state index in [-0.39, 0.29) is 0 Å². The molecule has 0 aliphatic heterocycles. The van der Waals surface area contributed by atoms with Gasteiger partial charge in [-0.05, 0) is 11.6 Å². The summed E-state index contributed by atoms with van der Waals surface area (Å²) in [7, 11) is 0. The lowest BCUT2D eigenvalue weighted by molar-refractivity contribution is -0.477. The van der Waals surface area contributed by atoms with Crippen molar-refractivity contribution in [1.82, 2.24) is 4.90 Å². The van der Waals surface area contributed by atoms with E-state index in [1.165, 1.54) is 0 Å². The third-order valence-corrected chi connectivity index (χ3v) is 1.72. The summed E-state index contributed by atoms with van der Waals surface area (Å²) >= 11 is 3.46. The summed E-state index contributed by atoms with van der Waals surface area (Å²) in [4.78, 5) is -3.94. The summed E-state index contributed by atoms with van der Waals surface area (Å²) in [6.45, 7) is 0. The molecule has 0 aliphatic rings. The van der Waals surface area contributed by atoms with Crippen LogP contribution < -0.4 is 0 Å². The summed E-state index contributed by atoms with van der Waals surface area (Å²) < 4.78 is 144. The molecule has 14 heteroatoms. The van der Waals surface area contributed by atoms with Crippen molar-refractivity contribution in [1.29, 1.82) is 0 Å². The molecule has 0 amide bonds. The van der Waals surface area contributed by atoms with E-state index in [0.29, 0.717) is 0 Å². The van der Waals surface area contributed by atoms with Gasteiger partial charge in [0.2, 0.25) is 0 Å². The van der Waals surface area contributed by atoms with Gasteiger partial charge >= 0.3 is 30.0 Å². The minimum atomic E-state index is -7.33. The molecule has 1 nitrogen and oxygen atoms in total. The molecule has 0 heterocycles. The van der Waals surface area contributed by atoms with Gasteiger partial charge in [-0.15, -0.1) is 0 Å². The molecule has 0 rings (SSSR count). The molecule has 0 bridgehead atoms. The first-order valence-corrected chi connectivity index (χ1v) is 4.01. The van der Waals surface area contributed by atoms with Gasteiger partial charge in [0, 0.05) is 0 Å². The highest BCUT2D eigenvalue weighted by molar-refractivity contribution is 6.22. The van der Waals surface area contributed by atoms with Gasteiger partial charge in [-0.2, -0.15) is 52.7 Å². The topological polar surface area (TPSA) is 3.24 Å². The van der Waals surface area contributed by atoms with Crippen LogP contribution in [0.25, 0.3) is 0 Å². The zero-order chi connectivity index (χ0) is 16.1. The Bertz CT molecular complexity index is 296. The number of halogens is 13. The maximum Gasteiger partial charge on any atom is 0.470 e. The fourth-order valence-electron chi connectivity index (χ4n) is 0.748. The molecule has 0 aromatic rings. The van der Waals surface area contributed by atoms with Gasteiger partial charge in [-0.25, -0.2) is 0 Å². The molecule has 0 N–H and O–H groups in total. The van der Waals surface area contributed by atoms with Crippen molar-refractivity contribution in [2.45, 2.75) is 30.0 Å². The lowest BCUT2D eigenvalue weighted by Gasteiger charge is -2.39. The number of alkyl halides is 13. The summed E-state index contributed by atoms with van der Waals surface area (Å²) in [5, 5.41) is -6.34. The number of hydrogen-bond donors (Lipinski definition) is 0. The second kappa shape index (κ2) is 4.46. The Balaban J connectivity index is 6.05. The van der Waals surface area contributed by atoms with E-state index in [1.807, 2.05) is 0 Å². The third kappa shape index (κ3) is 3.30. The molecule has 0 aliphatic carbocycles. The van der Waals surface area contributed by atoms with Crippen molar-refractivity contribution in [3.8, 4) is 0 Å². The van der Waals surface area contributed by atoms with Crippen LogP contribution in [0.3, 0.4) is 0 Å². The van der Waals surface area contributed by atoms with Gasteiger partial charge < -0.3 is 0 Å². The van der Waals surface area contributed by atoms with E-state index >= 15 is 0 Å². The molecule has 0 fully saturated rings. The van der Waals surface area contributed by atoms with Gasteiger partial charge in [-0.3, -0.25) is 0 Å². The molecule has 0 unspecified atom stereocenters. The monoisotopic (exact) mass is 337 g/mol. The Morgan fingerprint density at radius 2 is 0.895 bits per heavy atom. The molecule has 0 saturated heterocycles. The van der Waals surface area contributed by atoms with Crippen LogP contribution in [0.15, 0.2) is 0 Å². The van der Waals surface area contributed by atoms with Gasteiger partial charge in [0.15, 0.2) is 0 Å². The second-order valence-corrected chi connectivity index (χ2v) is 3.36. The Morgan fingerprint density at radius 1 is 0.579 bits per heavy atom. The van der Waals surface area contributed by atoms with Crippen LogP contribution in [0.5, 0.6) is 0 Å². The predicted molar refractivity (Wildman–Crippen MR) is 34.6 cm³/mol. The van der Waals surface area contributed by atoms with Gasteiger partial charge in [-0.1, -0.05) is 4.90 Å². The van der Waals surface area contributed by atoms with Gasteiger partial charge in [0.25, 0.3) is 0 Å². The quantitative estimate of drug-likeness (QED) is 0.419. The highest BCUT2D eigenvalue weighted by Crippen LogP contribution is 2.53. The maximum atomic E-state index is 12.5. The smallest absolute Gasteiger partial charge is 0.179 e. The first-order chi connectivity index (χ1) is 7.87. The standard InChI is InChI=1S/C5ClF12N/c6-1(7,8)3(12,13)19(5(16,17)18)4(14,15)2(9,10)11. The fraction of sp³-hybridized carbons (Fsp3) is 1.00. The van der Waals surface area contributed by atoms with Crippen molar-refractivity contribution in [2.75, 3.05) is 0 Å². The molecule has 116 valence electrons. The van der Waals surface area contributed by atoms with Gasteiger partial charge in [0.05, 0.1) is 0 Å². The number of hydrogen-bond acceptors (Lipinski definition) is 1. The Labute approximate surface area is 100 Å². The van der Waals surface area contributed by atoms with Crippen LogP contribution in [0.2, 0.25) is 0 Å². The molecule has 0 saturated carbocycles. The van der Waals surface area contributed by atoms with Crippen LogP contribution in [0.4, 0.5) is 52.7 Å². The van der Waals surface area contributed by atoms with E-state index in [9.17, 15) is 52.7 Å². The lowest BCUT2D eigenvalue weighted by Crippen LogP contribution is -2.68. The molecule has 0 radical (unpaired) electrons. The normalized spacial score (nSPS) is 16.1. The van der Waals surface area contributed by atoms with E-state index in [4.69, 9.17) is 0 Å². The summed E-state index contributed by atoms with van der Waals surface area (Å²) in [5.74, 6) is 0. The van der Waals surface area contributed by atoms with Crippen molar-refractivity contribution < 1.29 is 52.7 Å². The first-order valence-electron chi connectivity index (χ1n) is 3.63. The molecule has 0 atom stereocenters. The Kier molecular flexibility index (Phi) is 4.32. The maximum absolute atomic E-state index is 12.5. The minimum Gasteiger partial charge on any atom is -0.179 e. The average molecular weight is 337 g/mol. The summed E-state index contributed by atoms with van der Waals surface area (Å²) in [6.07, 6.45) is -14.4. The molecular weight excluding hydrogens is 337 g/mol. The summed E-state index contributed by atoms with van der Waals surface area (Å²) in [5.41, 5.74) is 0.